The molecule has 0 radical (unpaired) electrons. The molecule has 0 saturated heterocycles. The molecule has 0 bridgehead atoms. The molecule has 9 heteroatoms. The van der Waals surface area contributed by atoms with Crippen molar-refractivity contribution in [3.63, 3.8) is 0 Å². The van der Waals surface area contributed by atoms with Gasteiger partial charge in [-0.2, -0.15) is 4.98 Å². The molecule has 2 rings (SSSR count). The van der Waals surface area contributed by atoms with Gasteiger partial charge >= 0.3 is 0 Å². The first kappa shape index (κ1) is 15.3. The zero-order valence-electron chi connectivity index (χ0n) is 11.1. The maximum atomic E-state index is 10.7. The van der Waals surface area contributed by atoms with E-state index in [1.165, 1.54) is 0 Å². The van der Waals surface area contributed by atoms with Crippen LogP contribution < -0.4 is 10.1 Å². The summed E-state index contributed by atoms with van der Waals surface area (Å²) in [6.07, 6.45) is 0. The van der Waals surface area contributed by atoms with E-state index < -0.39 is 4.92 Å². The lowest BCUT2D eigenvalue weighted by Crippen LogP contribution is -1.99. The Morgan fingerprint density at radius 1 is 1.24 bits per heavy atom. The van der Waals surface area contributed by atoms with Gasteiger partial charge in [0.2, 0.25) is 5.88 Å². The molecule has 0 amide bonds. The van der Waals surface area contributed by atoms with Gasteiger partial charge in [-0.15, -0.1) is 0 Å². The fourth-order valence-corrected chi connectivity index (χ4v) is 2.13. The summed E-state index contributed by atoms with van der Waals surface area (Å²) in [4.78, 5) is 18.3. The van der Waals surface area contributed by atoms with Crippen LogP contribution in [0.1, 0.15) is 5.82 Å². The van der Waals surface area contributed by atoms with Gasteiger partial charge in [0.25, 0.3) is 5.69 Å². The molecule has 1 N–H and O–H groups in total. The molecule has 0 spiro atoms. The van der Waals surface area contributed by atoms with Gasteiger partial charge in [0.1, 0.15) is 11.6 Å². The lowest BCUT2D eigenvalue weighted by Gasteiger charge is -2.10. The van der Waals surface area contributed by atoms with Crippen molar-refractivity contribution in [3.05, 3.63) is 44.2 Å². The summed E-state index contributed by atoms with van der Waals surface area (Å²) >= 11 is 11.9. The van der Waals surface area contributed by atoms with E-state index in [9.17, 15) is 10.1 Å². The molecular weight excluding hydrogens is 319 g/mol. The number of aromatic nitrogens is 2. The third-order valence-electron chi connectivity index (χ3n) is 2.47. The highest BCUT2D eigenvalue weighted by atomic mass is 35.5. The second-order valence-electron chi connectivity index (χ2n) is 3.99. The van der Waals surface area contributed by atoms with Crippen molar-refractivity contribution in [2.75, 3.05) is 12.4 Å². The maximum absolute atomic E-state index is 10.7. The van der Waals surface area contributed by atoms with Crippen LogP contribution in [-0.4, -0.2) is 21.9 Å². The van der Waals surface area contributed by atoms with E-state index in [2.05, 4.69) is 15.3 Å². The number of non-ortho nitro benzene ring substituents is 1. The highest BCUT2D eigenvalue weighted by molar-refractivity contribution is 6.37. The molecule has 21 heavy (non-hydrogen) atoms. The molecule has 0 saturated carbocycles. The summed E-state index contributed by atoms with van der Waals surface area (Å²) in [5.41, 5.74) is -0.216. The van der Waals surface area contributed by atoms with Crippen LogP contribution in [0.5, 0.6) is 11.6 Å². The van der Waals surface area contributed by atoms with Gasteiger partial charge in [0, 0.05) is 25.2 Å². The van der Waals surface area contributed by atoms with Crippen LogP contribution in [0, 0.1) is 17.0 Å². The molecule has 0 unspecified atom stereocenters. The minimum absolute atomic E-state index is 0.0245. The number of benzene rings is 1. The van der Waals surface area contributed by atoms with E-state index in [1.54, 1.807) is 20.0 Å². The number of aryl methyl sites for hydroxylation is 1. The summed E-state index contributed by atoms with van der Waals surface area (Å²) in [5.74, 6) is 1.38. The summed E-state index contributed by atoms with van der Waals surface area (Å²) in [5, 5.41) is 13.6. The summed E-state index contributed by atoms with van der Waals surface area (Å²) in [6, 6.07) is 3.88. The number of halogens is 2. The van der Waals surface area contributed by atoms with E-state index >= 15 is 0 Å². The molecule has 7 nitrogen and oxygen atoms in total. The third kappa shape index (κ3) is 3.50. The molecule has 1 aromatic heterocycles. The molecule has 1 aromatic carbocycles. The Kier molecular flexibility index (Phi) is 4.44. The second-order valence-corrected chi connectivity index (χ2v) is 4.80. The van der Waals surface area contributed by atoms with Crippen LogP contribution in [-0.2, 0) is 0 Å². The van der Waals surface area contributed by atoms with E-state index in [4.69, 9.17) is 27.9 Å². The molecule has 2 aromatic rings. The van der Waals surface area contributed by atoms with Crippen molar-refractivity contribution in [3.8, 4) is 11.6 Å². The molecule has 0 aliphatic heterocycles. The van der Waals surface area contributed by atoms with Crippen molar-refractivity contribution in [2.45, 2.75) is 6.92 Å². The minimum atomic E-state index is -0.588. The Morgan fingerprint density at radius 2 is 1.86 bits per heavy atom. The van der Waals surface area contributed by atoms with Gasteiger partial charge in [0.15, 0.2) is 5.75 Å². The van der Waals surface area contributed by atoms with Crippen LogP contribution in [0.2, 0.25) is 10.0 Å². The topological polar surface area (TPSA) is 90.2 Å². The quantitative estimate of drug-likeness (QED) is 0.677. The number of nitro benzene ring substituents is 1. The lowest BCUT2D eigenvalue weighted by molar-refractivity contribution is -0.384. The third-order valence-corrected chi connectivity index (χ3v) is 3.03. The van der Waals surface area contributed by atoms with Gasteiger partial charge in [-0.1, -0.05) is 23.2 Å². The Morgan fingerprint density at radius 3 is 2.38 bits per heavy atom. The van der Waals surface area contributed by atoms with E-state index in [-0.39, 0.29) is 27.4 Å². The first-order chi connectivity index (χ1) is 9.90. The van der Waals surface area contributed by atoms with Crippen LogP contribution in [0.25, 0.3) is 0 Å². The molecule has 0 aliphatic carbocycles. The zero-order valence-corrected chi connectivity index (χ0v) is 12.6. The molecular formula is C12H10Cl2N4O3. The summed E-state index contributed by atoms with van der Waals surface area (Å²) in [6.45, 7) is 1.70. The van der Waals surface area contributed by atoms with Gasteiger partial charge in [0.05, 0.1) is 15.0 Å². The predicted octanol–water partition coefficient (Wildman–Crippen LogP) is 3.83. The lowest BCUT2D eigenvalue weighted by atomic mass is 10.3. The van der Waals surface area contributed by atoms with Gasteiger partial charge in [-0.3, -0.25) is 10.1 Å². The number of nitrogens with zero attached hydrogens (tertiary/aromatic N) is 3. The van der Waals surface area contributed by atoms with Gasteiger partial charge < -0.3 is 10.1 Å². The van der Waals surface area contributed by atoms with Crippen LogP contribution >= 0.6 is 23.2 Å². The van der Waals surface area contributed by atoms with Crippen molar-refractivity contribution >= 4 is 34.7 Å². The normalized spacial score (nSPS) is 10.3. The molecule has 0 aliphatic rings. The molecule has 0 fully saturated rings. The number of ether oxygens (including phenoxy) is 1. The standard InChI is InChI=1S/C12H10Cl2N4O3/c1-6-16-10(15-2)5-11(17-6)21-12-8(13)3-7(18(19)20)4-9(12)14/h3-5H,1-2H3,(H,15,16,17). The predicted molar refractivity (Wildman–Crippen MR) is 79.5 cm³/mol. The van der Waals surface area contributed by atoms with Crippen molar-refractivity contribution in [1.82, 2.24) is 9.97 Å². The zero-order chi connectivity index (χ0) is 15.6. The SMILES string of the molecule is CNc1cc(Oc2c(Cl)cc([N+](=O)[O-])cc2Cl)nc(C)n1. The largest absolute Gasteiger partial charge is 0.436 e. The van der Waals surface area contributed by atoms with Crippen LogP contribution in [0.15, 0.2) is 18.2 Å². The minimum Gasteiger partial charge on any atom is -0.436 e. The fourth-order valence-electron chi connectivity index (χ4n) is 1.57. The first-order valence-corrected chi connectivity index (χ1v) is 6.51. The first-order valence-electron chi connectivity index (χ1n) is 5.75. The maximum Gasteiger partial charge on any atom is 0.272 e. The molecule has 1 heterocycles. The van der Waals surface area contributed by atoms with Crippen molar-refractivity contribution < 1.29 is 9.66 Å². The van der Waals surface area contributed by atoms with E-state index in [1.807, 2.05) is 0 Å². The van der Waals surface area contributed by atoms with Crippen LogP contribution in [0.3, 0.4) is 0 Å². The number of nitrogens with one attached hydrogen (secondary N) is 1. The van der Waals surface area contributed by atoms with Gasteiger partial charge in [-0.05, 0) is 6.92 Å². The fraction of sp³-hybridized carbons (Fsp3) is 0.167. The van der Waals surface area contributed by atoms with Gasteiger partial charge in [-0.25, -0.2) is 4.98 Å². The van der Waals surface area contributed by atoms with Crippen molar-refractivity contribution in [2.24, 2.45) is 0 Å². The van der Waals surface area contributed by atoms with Crippen LogP contribution in [0.4, 0.5) is 11.5 Å². The molecule has 0 atom stereocenters. The van der Waals surface area contributed by atoms with Crippen molar-refractivity contribution in [1.29, 1.82) is 0 Å². The Labute approximate surface area is 130 Å². The highest BCUT2D eigenvalue weighted by Crippen LogP contribution is 2.39. The average molecular weight is 329 g/mol. The molecule has 110 valence electrons. The number of rotatable bonds is 4. The Hall–Kier alpha value is -2.12. The summed E-state index contributed by atoms with van der Waals surface area (Å²) in [7, 11) is 1.71. The van der Waals surface area contributed by atoms with E-state index in [0.717, 1.165) is 12.1 Å². The number of nitro groups is 1. The summed E-state index contributed by atoms with van der Waals surface area (Å²) < 4.78 is 5.52. The monoisotopic (exact) mass is 328 g/mol. The number of hydrogen-bond donors (Lipinski definition) is 1. The second kappa shape index (κ2) is 6.11. The smallest absolute Gasteiger partial charge is 0.272 e. The average Bonchev–Trinajstić information content (AvgIpc) is 2.41. The highest BCUT2D eigenvalue weighted by Gasteiger charge is 2.17. The number of anilines is 1. The Balaban J connectivity index is 2.40. The number of hydrogen-bond acceptors (Lipinski definition) is 6. The Bertz CT molecular complexity index is 686. The van der Waals surface area contributed by atoms with E-state index in [0.29, 0.717) is 11.6 Å².